The molecule has 1 atom stereocenters. The summed E-state index contributed by atoms with van der Waals surface area (Å²) in [5.41, 5.74) is 12.9. The molecule has 0 saturated carbocycles. The second-order valence-electron chi connectivity index (χ2n) is 13.5. The van der Waals surface area contributed by atoms with E-state index in [1.165, 1.54) is 44.2 Å². The number of hydrogen-bond acceptors (Lipinski definition) is 2. The molecule has 6 aromatic carbocycles. The van der Waals surface area contributed by atoms with E-state index in [1.807, 2.05) is 48.8 Å². The van der Waals surface area contributed by atoms with Gasteiger partial charge in [-0.1, -0.05) is 111 Å². The molecule has 0 saturated heterocycles. The average Bonchev–Trinajstić information content (AvgIpc) is 3.70. The van der Waals surface area contributed by atoms with E-state index in [-0.39, 0.29) is 5.41 Å². The largest absolute Gasteiger partial charge is 0.309 e. The molecule has 0 radical (unpaired) electrons. The Labute approximate surface area is 279 Å². The number of benzene rings is 6. The van der Waals surface area contributed by atoms with Crippen LogP contribution < -0.4 is 15.9 Å². The van der Waals surface area contributed by atoms with Crippen LogP contribution in [-0.4, -0.2) is 9.55 Å². The third kappa shape index (κ3) is 3.55. The van der Waals surface area contributed by atoms with Gasteiger partial charge in [0.05, 0.1) is 11.0 Å². The highest BCUT2D eigenvalue weighted by atomic mass is 31.2. The maximum Gasteiger partial charge on any atom is 0.172 e. The summed E-state index contributed by atoms with van der Waals surface area (Å²) in [6.07, 6.45) is 3.71. The lowest BCUT2D eigenvalue weighted by Gasteiger charge is -2.23. The standard InChI is InChI=1S/C44H31N2OP/c1-44(2)37-26-29(28-22-24-45-25-23-28)16-18-32(37)33-19-17-30(27-38(33)44)46-39-14-8-6-12-34(39)35-20-21-41-42(43(35)46)36-13-7-9-15-40(36)48(41,47)31-10-4-3-5-11-31/h3-27H,1-2H3. The van der Waals surface area contributed by atoms with Crippen molar-refractivity contribution in [2.24, 2.45) is 0 Å². The SMILES string of the molecule is CC1(C)c2cc(-c3ccncc3)ccc2-c2ccc(-n3c4ccccc4c4ccc5c(c43)-c3ccccc3P5(=O)c3ccccc3)cc21. The number of aromatic nitrogens is 2. The minimum absolute atomic E-state index is 0.194. The van der Waals surface area contributed by atoms with Crippen molar-refractivity contribution in [2.75, 3.05) is 0 Å². The summed E-state index contributed by atoms with van der Waals surface area (Å²) >= 11 is 0. The molecular weight excluding hydrogens is 603 g/mol. The van der Waals surface area contributed by atoms with Gasteiger partial charge in [-0.3, -0.25) is 4.98 Å². The molecule has 0 spiro atoms. The monoisotopic (exact) mass is 634 g/mol. The molecule has 1 aliphatic heterocycles. The molecule has 1 unspecified atom stereocenters. The molecular formula is C44H31N2OP. The predicted molar refractivity (Wildman–Crippen MR) is 200 cm³/mol. The summed E-state index contributed by atoms with van der Waals surface area (Å²) in [5.74, 6) is 0. The molecule has 0 amide bonds. The van der Waals surface area contributed by atoms with E-state index in [2.05, 4.69) is 127 Å². The zero-order chi connectivity index (χ0) is 32.2. The number of para-hydroxylation sites is 1. The van der Waals surface area contributed by atoms with Gasteiger partial charge < -0.3 is 9.13 Å². The highest BCUT2D eigenvalue weighted by Crippen LogP contribution is 2.55. The van der Waals surface area contributed by atoms with Crippen LogP contribution >= 0.6 is 7.14 Å². The summed E-state index contributed by atoms with van der Waals surface area (Å²) in [7, 11) is -3.08. The summed E-state index contributed by atoms with van der Waals surface area (Å²) < 4.78 is 17.9. The summed E-state index contributed by atoms with van der Waals surface area (Å²) in [5, 5.41) is 5.08. The molecule has 48 heavy (non-hydrogen) atoms. The first-order valence-corrected chi connectivity index (χ1v) is 18.2. The van der Waals surface area contributed by atoms with Gasteiger partial charge in [0.2, 0.25) is 0 Å². The van der Waals surface area contributed by atoms with Gasteiger partial charge in [-0.15, -0.1) is 0 Å². The lowest BCUT2D eigenvalue weighted by Crippen LogP contribution is -2.20. The van der Waals surface area contributed by atoms with Gasteiger partial charge in [0.25, 0.3) is 0 Å². The molecule has 2 aliphatic rings. The van der Waals surface area contributed by atoms with Crippen LogP contribution in [0, 0.1) is 0 Å². The summed E-state index contributed by atoms with van der Waals surface area (Å²) in [6, 6.07) is 49.3. The zero-order valence-electron chi connectivity index (χ0n) is 26.7. The van der Waals surface area contributed by atoms with E-state index in [0.29, 0.717) is 0 Å². The van der Waals surface area contributed by atoms with Crippen LogP contribution in [0.2, 0.25) is 0 Å². The first kappa shape index (κ1) is 27.6. The normalized spacial score (nSPS) is 16.9. The van der Waals surface area contributed by atoms with E-state index in [0.717, 1.165) is 43.8 Å². The van der Waals surface area contributed by atoms with Crippen LogP contribution in [-0.2, 0) is 9.98 Å². The quantitative estimate of drug-likeness (QED) is 0.181. The number of rotatable bonds is 3. The van der Waals surface area contributed by atoms with E-state index < -0.39 is 7.14 Å². The van der Waals surface area contributed by atoms with Gasteiger partial charge in [0.1, 0.15) is 0 Å². The van der Waals surface area contributed by atoms with Crippen molar-refractivity contribution < 1.29 is 4.57 Å². The van der Waals surface area contributed by atoms with Crippen LogP contribution in [0.15, 0.2) is 152 Å². The van der Waals surface area contributed by atoms with Gasteiger partial charge in [-0.05, 0) is 81.4 Å². The van der Waals surface area contributed by atoms with Crippen molar-refractivity contribution in [1.29, 1.82) is 0 Å². The maximum atomic E-state index is 15.4. The Morgan fingerprint density at radius 3 is 2.12 bits per heavy atom. The summed E-state index contributed by atoms with van der Waals surface area (Å²) in [6.45, 7) is 4.68. The molecule has 10 rings (SSSR count). The molecule has 8 aromatic rings. The zero-order valence-corrected chi connectivity index (χ0v) is 27.6. The molecule has 3 nitrogen and oxygen atoms in total. The molecule has 3 heterocycles. The number of pyridine rings is 1. The second kappa shape index (κ2) is 9.76. The van der Waals surface area contributed by atoms with Gasteiger partial charge >= 0.3 is 0 Å². The van der Waals surface area contributed by atoms with Crippen LogP contribution in [0.4, 0.5) is 0 Å². The topological polar surface area (TPSA) is 34.9 Å². The van der Waals surface area contributed by atoms with E-state index >= 15 is 4.57 Å². The van der Waals surface area contributed by atoms with Crippen molar-refractivity contribution in [3.63, 3.8) is 0 Å². The Balaban J connectivity index is 1.24. The Hall–Kier alpha value is -5.50. The third-order valence-electron chi connectivity index (χ3n) is 10.7. The van der Waals surface area contributed by atoms with Gasteiger partial charge in [-0.2, -0.15) is 0 Å². The molecule has 2 aromatic heterocycles. The fraction of sp³-hybridized carbons (Fsp3) is 0.0682. The third-order valence-corrected chi connectivity index (χ3v) is 13.9. The van der Waals surface area contributed by atoms with Crippen molar-refractivity contribution in [3.8, 4) is 39.1 Å². The lowest BCUT2D eigenvalue weighted by molar-refractivity contribution is 0.593. The first-order chi connectivity index (χ1) is 23.5. The number of hydrogen-bond donors (Lipinski definition) is 0. The molecule has 0 bridgehead atoms. The smallest absolute Gasteiger partial charge is 0.172 e. The van der Waals surface area contributed by atoms with Crippen LogP contribution in [0.5, 0.6) is 0 Å². The van der Waals surface area contributed by atoms with Crippen molar-refractivity contribution >= 4 is 44.9 Å². The predicted octanol–water partition coefficient (Wildman–Crippen LogP) is 9.77. The minimum Gasteiger partial charge on any atom is -0.309 e. The highest BCUT2D eigenvalue weighted by molar-refractivity contribution is 7.86. The van der Waals surface area contributed by atoms with E-state index in [9.17, 15) is 0 Å². The van der Waals surface area contributed by atoms with Crippen molar-refractivity contribution in [1.82, 2.24) is 9.55 Å². The minimum atomic E-state index is -3.08. The Kier molecular flexibility index (Phi) is 5.61. The van der Waals surface area contributed by atoms with E-state index in [4.69, 9.17) is 0 Å². The van der Waals surface area contributed by atoms with Gasteiger partial charge in [-0.25, -0.2) is 0 Å². The van der Waals surface area contributed by atoms with Crippen LogP contribution in [0.3, 0.4) is 0 Å². The molecule has 4 heteroatoms. The van der Waals surface area contributed by atoms with Crippen LogP contribution in [0.25, 0.3) is 60.9 Å². The van der Waals surface area contributed by atoms with Crippen LogP contribution in [0.1, 0.15) is 25.0 Å². The van der Waals surface area contributed by atoms with Gasteiger partial charge in [0, 0.05) is 55.7 Å². The maximum absolute atomic E-state index is 15.4. The molecule has 0 N–H and O–H groups in total. The Morgan fingerprint density at radius 1 is 0.583 bits per heavy atom. The fourth-order valence-corrected chi connectivity index (χ4v) is 11.5. The second-order valence-corrected chi connectivity index (χ2v) is 16.2. The molecule has 1 aliphatic carbocycles. The molecule has 228 valence electrons. The van der Waals surface area contributed by atoms with E-state index in [1.54, 1.807) is 0 Å². The fourth-order valence-electron chi connectivity index (χ4n) is 8.44. The number of fused-ring (bicyclic) bond motifs is 10. The summed E-state index contributed by atoms with van der Waals surface area (Å²) in [4.78, 5) is 4.22. The van der Waals surface area contributed by atoms with Crippen molar-refractivity contribution in [3.05, 3.63) is 163 Å². The first-order valence-electron chi connectivity index (χ1n) is 16.5. The average molecular weight is 635 g/mol. The van der Waals surface area contributed by atoms with Crippen molar-refractivity contribution in [2.45, 2.75) is 19.3 Å². The highest BCUT2D eigenvalue weighted by Gasteiger charge is 2.42. The Morgan fingerprint density at radius 2 is 1.29 bits per heavy atom. The Bertz CT molecular complexity index is 2670. The lowest BCUT2D eigenvalue weighted by atomic mass is 9.81. The molecule has 0 fully saturated rings. The van der Waals surface area contributed by atoms with Gasteiger partial charge in [0.15, 0.2) is 7.14 Å². The number of nitrogens with zero attached hydrogens (tertiary/aromatic N) is 2.